The number of nitrogens with one attached hydrogen (secondary N) is 1. The first-order valence-electron chi connectivity index (χ1n) is 10.0. The highest BCUT2D eigenvalue weighted by Gasteiger charge is 2.16. The number of ether oxygens (including phenoxy) is 1. The lowest BCUT2D eigenvalue weighted by Crippen LogP contribution is -1.99. The van der Waals surface area contributed by atoms with Gasteiger partial charge in [0.2, 0.25) is 0 Å². The molecule has 3 nitrogen and oxygen atoms in total. The van der Waals surface area contributed by atoms with Crippen molar-refractivity contribution in [2.24, 2.45) is 5.73 Å². The lowest BCUT2D eigenvalue weighted by molar-refractivity contribution is 0.306. The van der Waals surface area contributed by atoms with Gasteiger partial charge in [0.1, 0.15) is 18.2 Å². The zero-order valence-electron chi connectivity index (χ0n) is 16.3. The number of fused-ring (bicyclic) bond motifs is 1. The van der Waals surface area contributed by atoms with E-state index in [9.17, 15) is 4.39 Å². The van der Waals surface area contributed by atoms with Crippen molar-refractivity contribution >= 4 is 10.9 Å². The molecule has 0 fully saturated rings. The molecule has 0 spiro atoms. The SMILES string of the molecule is NCCCCc1c(-c2ccccc2F)[nH]c2ccc(OCc3ccccc3)cc12. The Labute approximate surface area is 170 Å². The zero-order valence-corrected chi connectivity index (χ0v) is 16.3. The maximum atomic E-state index is 14.5. The molecule has 0 aliphatic rings. The molecule has 0 unspecified atom stereocenters. The molecule has 1 aromatic heterocycles. The summed E-state index contributed by atoms with van der Waals surface area (Å²) in [5, 5.41) is 1.07. The first-order valence-corrected chi connectivity index (χ1v) is 10.0. The second-order valence-corrected chi connectivity index (χ2v) is 7.19. The Morgan fingerprint density at radius 3 is 2.48 bits per heavy atom. The fourth-order valence-corrected chi connectivity index (χ4v) is 3.66. The van der Waals surface area contributed by atoms with Crippen molar-refractivity contribution in [1.29, 1.82) is 0 Å². The van der Waals surface area contributed by atoms with Gasteiger partial charge in [-0.3, -0.25) is 0 Å². The number of rotatable bonds is 8. The van der Waals surface area contributed by atoms with E-state index >= 15 is 0 Å². The Bertz CT molecular complexity index is 1090. The number of aromatic nitrogens is 1. The van der Waals surface area contributed by atoms with Gasteiger partial charge in [0.15, 0.2) is 0 Å². The van der Waals surface area contributed by atoms with Crippen LogP contribution < -0.4 is 10.5 Å². The minimum Gasteiger partial charge on any atom is -0.489 e. The van der Waals surface area contributed by atoms with Gasteiger partial charge in [-0.25, -0.2) is 4.39 Å². The predicted molar refractivity (Wildman–Crippen MR) is 116 cm³/mol. The second kappa shape index (κ2) is 8.93. The Balaban J connectivity index is 1.70. The first-order chi connectivity index (χ1) is 14.3. The summed E-state index contributed by atoms with van der Waals surface area (Å²) in [5.41, 5.74) is 10.3. The van der Waals surface area contributed by atoms with Crippen molar-refractivity contribution in [1.82, 2.24) is 4.98 Å². The van der Waals surface area contributed by atoms with Crippen LogP contribution in [0.25, 0.3) is 22.2 Å². The minimum absolute atomic E-state index is 0.223. The van der Waals surface area contributed by atoms with Gasteiger partial charge in [0, 0.05) is 16.5 Å². The lowest BCUT2D eigenvalue weighted by Gasteiger charge is -2.08. The molecule has 4 rings (SSSR count). The highest BCUT2D eigenvalue weighted by atomic mass is 19.1. The third kappa shape index (κ3) is 4.33. The molecule has 1 heterocycles. The largest absolute Gasteiger partial charge is 0.489 e. The summed E-state index contributed by atoms with van der Waals surface area (Å²) in [6.45, 7) is 1.17. The summed E-state index contributed by atoms with van der Waals surface area (Å²) in [6, 6.07) is 23.0. The van der Waals surface area contributed by atoms with Gasteiger partial charge in [-0.2, -0.15) is 0 Å². The summed E-state index contributed by atoms with van der Waals surface area (Å²) in [6.07, 6.45) is 2.73. The van der Waals surface area contributed by atoms with Crippen LogP contribution in [0.4, 0.5) is 4.39 Å². The Morgan fingerprint density at radius 2 is 1.69 bits per heavy atom. The fraction of sp³-hybridized carbons (Fsp3) is 0.200. The van der Waals surface area contributed by atoms with Crippen LogP contribution in [0.3, 0.4) is 0 Å². The molecule has 0 aliphatic heterocycles. The quantitative estimate of drug-likeness (QED) is 0.373. The lowest BCUT2D eigenvalue weighted by atomic mass is 10.00. The van der Waals surface area contributed by atoms with E-state index in [2.05, 4.69) is 11.1 Å². The van der Waals surface area contributed by atoms with E-state index < -0.39 is 0 Å². The van der Waals surface area contributed by atoms with Gasteiger partial charge in [0.25, 0.3) is 0 Å². The van der Waals surface area contributed by atoms with Crippen LogP contribution in [-0.4, -0.2) is 11.5 Å². The van der Waals surface area contributed by atoms with Crippen LogP contribution in [-0.2, 0) is 13.0 Å². The fourth-order valence-electron chi connectivity index (χ4n) is 3.66. The van der Waals surface area contributed by atoms with Crippen molar-refractivity contribution in [3.63, 3.8) is 0 Å². The van der Waals surface area contributed by atoms with Crippen LogP contribution in [0.2, 0.25) is 0 Å². The molecule has 4 aromatic rings. The average molecular weight is 388 g/mol. The zero-order chi connectivity index (χ0) is 20.1. The van der Waals surface area contributed by atoms with Crippen LogP contribution in [0, 0.1) is 5.82 Å². The van der Waals surface area contributed by atoms with Crippen LogP contribution >= 0.6 is 0 Å². The van der Waals surface area contributed by atoms with Crippen LogP contribution in [0.1, 0.15) is 24.0 Å². The summed E-state index contributed by atoms with van der Waals surface area (Å²) in [7, 11) is 0. The molecule has 0 saturated carbocycles. The predicted octanol–water partition coefficient (Wildman–Crippen LogP) is 5.83. The summed E-state index contributed by atoms with van der Waals surface area (Å²) in [5.74, 6) is 0.584. The topological polar surface area (TPSA) is 51.0 Å². The van der Waals surface area contributed by atoms with Crippen molar-refractivity contribution < 1.29 is 9.13 Å². The van der Waals surface area contributed by atoms with Gasteiger partial charge in [-0.15, -0.1) is 0 Å². The molecule has 29 heavy (non-hydrogen) atoms. The van der Waals surface area contributed by atoms with Crippen molar-refractivity contribution in [3.8, 4) is 17.0 Å². The maximum Gasteiger partial charge on any atom is 0.132 e. The molecule has 0 amide bonds. The standard InChI is InChI=1S/C25H25FN2O/c26-23-12-5-4-11-21(23)25-20(10-6-7-15-27)22-16-19(13-14-24(22)28-25)29-17-18-8-2-1-3-9-18/h1-5,8-9,11-14,16,28H,6-7,10,15,17,27H2. The molecule has 3 aromatic carbocycles. The first kappa shape index (κ1) is 19.2. The second-order valence-electron chi connectivity index (χ2n) is 7.19. The summed E-state index contributed by atoms with van der Waals surface area (Å²) in [4.78, 5) is 3.42. The number of H-pyrrole nitrogens is 1. The van der Waals surface area contributed by atoms with Gasteiger partial charge >= 0.3 is 0 Å². The van der Waals surface area contributed by atoms with E-state index in [1.54, 1.807) is 6.07 Å². The van der Waals surface area contributed by atoms with E-state index in [0.29, 0.717) is 18.7 Å². The number of aromatic amines is 1. The van der Waals surface area contributed by atoms with Gasteiger partial charge in [0.05, 0.1) is 5.69 Å². The number of aryl methyl sites for hydroxylation is 1. The Morgan fingerprint density at radius 1 is 0.897 bits per heavy atom. The third-order valence-electron chi connectivity index (χ3n) is 5.15. The third-order valence-corrected chi connectivity index (χ3v) is 5.15. The summed E-state index contributed by atoms with van der Waals surface area (Å²) < 4.78 is 20.5. The normalized spacial score (nSPS) is 11.1. The molecule has 0 atom stereocenters. The van der Waals surface area contributed by atoms with E-state index in [0.717, 1.165) is 52.7 Å². The average Bonchev–Trinajstić information content (AvgIpc) is 3.11. The van der Waals surface area contributed by atoms with Crippen molar-refractivity contribution in [3.05, 3.63) is 89.7 Å². The van der Waals surface area contributed by atoms with E-state index in [1.807, 2.05) is 54.6 Å². The highest BCUT2D eigenvalue weighted by Crippen LogP contribution is 2.35. The van der Waals surface area contributed by atoms with Crippen molar-refractivity contribution in [2.45, 2.75) is 25.9 Å². The molecular weight excluding hydrogens is 363 g/mol. The molecule has 3 N–H and O–H groups in total. The van der Waals surface area contributed by atoms with E-state index in [-0.39, 0.29) is 5.82 Å². The number of benzene rings is 3. The molecular formula is C25H25FN2O. The number of hydrogen-bond acceptors (Lipinski definition) is 2. The molecule has 148 valence electrons. The smallest absolute Gasteiger partial charge is 0.132 e. The Kier molecular flexibility index (Phi) is 5.92. The van der Waals surface area contributed by atoms with E-state index in [4.69, 9.17) is 10.5 Å². The molecule has 4 heteroatoms. The maximum absolute atomic E-state index is 14.5. The van der Waals surface area contributed by atoms with Gasteiger partial charge < -0.3 is 15.5 Å². The number of nitrogens with two attached hydrogens (primary N) is 1. The molecule has 0 radical (unpaired) electrons. The monoisotopic (exact) mass is 388 g/mol. The minimum atomic E-state index is -0.223. The Hall–Kier alpha value is -3.11. The number of unbranched alkanes of at least 4 members (excludes halogenated alkanes) is 1. The number of halogens is 1. The highest BCUT2D eigenvalue weighted by molar-refractivity contribution is 5.91. The van der Waals surface area contributed by atoms with Crippen LogP contribution in [0.5, 0.6) is 5.75 Å². The van der Waals surface area contributed by atoms with Crippen molar-refractivity contribution in [2.75, 3.05) is 6.54 Å². The molecule has 0 bridgehead atoms. The van der Waals surface area contributed by atoms with Gasteiger partial charge in [-0.05, 0) is 67.3 Å². The van der Waals surface area contributed by atoms with Crippen LogP contribution in [0.15, 0.2) is 72.8 Å². The number of hydrogen-bond donors (Lipinski definition) is 2. The molecule has 0 saturated heterocycles. The van der Waals surface area contributed by atoms with Gasteiger partial charge in [-0.1, -0.05) is 42.5 Å². The molecule has 0 aliphatic carbocycles. The summed E-state index contributed by atoms with van der Waals surface area (Å²) >= 11 is 0. The van der Waals surface area contributed by atoms with E-state index in [1.165, 1.54) is 6.07 Å².